The monoisotopic (exact) mass is 466 g/mol. The van der Waals surface area contributed by atoms with E-state index < -0.39 is 62.9 Å². The largest absolute Gasteiger partial charge is 0.421 e. The SMILES string of the molecule is CC[Si](OC)(OC)C(F)(F)C(F)(F)C(F)(F)C(F)(F)C(F)(F)C(F)(F)C(C)F. The van der Waals surface area contributed by atoms with Crippen LogP contribution in [0.3, 0.4) is 0 Å². The van der Waals surface area contributed by atoms with Gasteiger partial charge in [-0.1, -0.05) is 6.92 Å². The Bertz CT molecular complexity index is 537. The van der Waals surface area contributed by atoms with Crippen molar-refractivity contribution in [3.05, 3.63) is 0 Å². The molecular weight excluding hydrogens is 451 g/mol. The topological polar surface area (TPSA) is 18.5 Å². The lowest BCUT2D eigenvalue weighted by Crippen LogP contribution is -2.76. The van der Waals surface area contributed by atoms with Gasteiger partial charge < -0.3 is 8.85 Å². The third kappa shape index (κ3) is 3.18. The molecule has 0 aliphatic heterocycles. The summed E-state index contributed by atoms with van der Waals surface area (Å²) < 4.78 is 184. The van der Waals surface area contributed by atoms with Crippen LogP contribution in [0.2, 0.25) is 6.04 Å². The fraction of sp³-hybridized carbons (Fsp3) is 1.00. The normalized spacial score (nSPS) is 17.0. The van der Waals surface area contributed by atoms with E-state index in [1.807, 2.05) is 0 Å². The lowest BCUT2D eigenvalue weighted by Gasteiger charge is -2.44. The summed E-state index contributed by atoms with van der Waals surface area (Å²) in [7, 11) is -5.23. The molecule has 0 aromatic heterocycles. The maximum absolute atomic E-state index is 14.1. The van der Waals surface area contributed by atoms with Crippen molar-refractivity contribution in [2.24, 2.45) is 0 Å². The third-order valence-corrected chi connectivity index (χ3v) is 7.62. The molecule has 0 saturated heterocycles. The Balaban J connectivity index is 6.71. The van der Waals surface area contributed by atoms with Gasteiger partial charge in [-0.15, -0.1) is 0 Å². The molecule has 0 bridgehead atoms. The van der Waals surface area contributed by atoms with E-state index in [2.05, 4.69) is 8.85 Å². The molecule has 0 aromatic rings. The van der Waals surface area contributed by atoms with Crippen LogP contribution < -0.4 is 0 Å². The van der Waals surface area contributed by atoms with Crippen molar-refractivity contribution in [3.63, 3.8) is 0 Å². The van der Waals surface area contributed by atoms with Crippen molar-refractivity contribution in [2.75, 3.05) is 14.2 Å². The van der Waals surface area contributed by atoms with Gasteiger partial charge >= 0.3 is 43.7 Å². The molecule has 0 amide bonds. The highest BCUT2D eigenvalue weighted by Gasteiger charge is 2.93. The first-order chi connectivity index (χ1) is 12.1. The zero-order valence-corrected chi connectivity index (χ0v) is 15.5. The summed E-state index contributed by atoms with van der Waals surface area (Å²) in [6.45, 7) is 0.215. The van der Waals surface area contributed by atoms with Crippen molar-refractivity contribution >= 4 is 8.56 Å². The van der Waals surface area contributed by atoms with Crippen LogP contribution >= 0.6 is 0 Å². The molecular formula is C12H15F13O2Si. The summed E-state index contributed by atoms with van der Waals surface area (Å²) in [5, 5.41) is 0. The Morgan fingerprint density at radius 3 is 1.25 bits per heavy atom. The molecule has 0 fully saturated rings. The minimum atomic E-state index is -7.81. The quantitative estimate of drug-likeness (QED) is 0.315. The van der Waals surface area contributed by atoms with E-state index in [0.717, 1.165) is 0 Å². The Kier molecular flexibility index (Phi) is 7.28. The van der Waals surface area contributed by atoms with E-state index in [4.69, 9.17) is 0 Å². The van der Waals surface area contributed by atoms with Crippen LogP contribution in [0.5, 0.6) is 0 Å². The smallest absolute Gasteiger partial charge is 0.394 e. The molecule has 0 radical (unpaired) electrons. The summed E-state index contributed by atoms with van der Waals surface area (Å²) in [6, 6.07) is -1.25. The first kappa shape index (κ1) is 27.2. The van der Waals surface area contributed by atoms with Crippen LogP contribution in [0.25, 0.3) is 0 Å². The van der Waals surface area contributed by atoms with Crippen LogP contribution in [0.4, 0.5) is 57.1 Å². The summed E-state index contributed by atoms with van der Waals surface area (Å²) in [4.78, 5) is 0. The number of hydrogen-bond donors (Lipinski definition) is 0. The van der Waals surface area contributed by atoms with Gasteiger partial charge in [0.05, 0.1) is 0 Å². The second-order valence-corrected chi connectivity index (χ2v) is 9.28. The predicted octanol–water partition coefficient (Wildman–Crippen LogP) is 5.45. The predicted molar refractivity (Wildman–Crippen MR) is 70.5 cm³/mol. The third-order valence-electron chi connectivity index (χ3n) is 4.10. The van der Waals surface area contributed by atoms with Crippen molar-refractivity contribution < 1.29 is 65.9 Å². The van der Waals surface area contributed by atoms with Gasteiger partial charge in [0.25, 0.3) is 0 Å². The number of halogens is 13. The fourth-order valence-corrected chi connectivity index (χ4v) is 4.48. The Labute approximate surface area is 151 Å². The van der Waals surface area contributed by atoms with Crippen LogP contribution in [-0.2, 0) is 8.85 Å². The van der Waals surface area contributed by atoms with Crippen molar-refractivity contribution in [1.82, 2.24) is 0 Å². The molecule has 1 unspecified atom stereocenters. The zero-order chi connectivity index (χ0) is 23.2. The fourth-order valence-electron chi connectivity index (χ4n) is 2.14. The average Bonchev–Trinajstić information content (AvgIpc) is 2.55. The van der Waals surface area contributed by atoms with Gasteiger partial charge in [-0.25, -0.2) is 4.39 Å². The molecule has 0 aliphatic rings. The van der Waals surface area contributed by atoms with Gasteiger partial charge in [-0.2, -0.15) is 52.7 Å². The standard InChI is InChI=1S/C12H15F13O2Si/c1-5-28(26-3,27-4)12(24,25)11(22,23)10(20,21)9(18,19)8(16,17)7(14,15)6(2)13/h6H,5H2,1-4H3. The van der Waals surface area contributed by atoms with Crippen LogP contribution in [0.15, 0.2) is 0 Å². The summed E-state index contributed by atoms with van der Waals surface area (Å²) in [5.41, 5.74) is -6.31. The van der Waals surface area contributed by atoms with E-state index >= 15 is 0 Å². The molecule has 0 spiro atoms. The highest BCUT2D eigenvalue weighted by Crippen LogP contribution is 2.62. The number of hydrogen-bond acceptors (Lipinski definition) is 2. The molecule has 0 N–H and O–H groups in total. The summed E-state index contributed by atoms with van der Waals surface area (Å²) in [5.74, 6) is -37.0. The molecule has 2 nitrogen and oxygen atoms in total. The van der Waals surface area contributed by atoms with Crippen LogP contribution in [-0.4, -0.2) is 64.1 Å². The second kappa shape index (κ2) is 7.48. The van der Waals surface area contributed by atoms with Gasteiger partial charge in [-0.05, 0) is 13.0 Å². The minimum absolute atomic E-state index is 0.285. The van der Waals surface area contributed by atoms with Gasteiger partial charge in [0.1, 0.15) is 0 Å². The summed E-state index contributed by atoms with van der Waals surface area (Å²) in [6.07, 6.45) is -4.22. The molecule has 0 saturated carbocycles. The molecule has 0 heterocycles. The zero-order valence-electron chi connectivity index (χ0n) is 14.5. The molecule has 28 heavy (non-hydrogen) atoms. The Morgan fingerprint density at radius 2 is 1.00 bits per heavy atom. The molecule has 170 valence electrons. The first-order valence-corrected chi connectivity index (χ1v) is 9.16. The lowest BCUT2D eigenvalue weighted by molar-refractivity contribution is -0.423. The van der Waals surface area contributed by atoms with E-state index in [0.29, 0.717) is 6.92 Å². The number of rotatable bonds is 10. The van der Waals surface area contributed by atoms with E-state index in [9.17, 15) is 57.1 Å². The molecule has 16 heteroatoms. The van der Waals surface area contributed by atoms with Crippen LogP contribution in [0, 0.1) is 0 Å². The Hall–Kier alpha value is -0.773. The maximum atomic E-state index is 14.1. The van der Waals surface area contributed by atoms with Gasteiger partial charge in [0.2, 0.25) is 0 Å². The van der Waals surface area contributed by atoms with Crippen LogP contribution in [0.1, 0.15) is 13.8 Å². The Morgan fingerprint density at radius 1 is 0.679 bits per heavy atom. The molecule has 0 rings (SSSR count). The minimum Gasteiger partial charge on any atom is -0.394 e. The summed E-state index contributed by atoms with van der Waals surface area (Å²) >= 11 is 0. The molecule has 1 atom stereocenters. The van der Waals surface area contributed by atoms with E-state index in [-0.39, 0.29) is 14.2 Å². The molecule has 0 aliphatic carbocycles. The van der Waals surface area contributed by atoms with Crippen molar-refractivity contribution in [1.29, 1.82) is 0 Å². The first-order valence-electron chi connectivity index (χ1n) is 7.14. The highest BCUT2D eigenvalue weighted by molar-refractivity contribution is 6.70. The van der Waals surface area contributed by atoms with Crippen molar-refractivity contribution in [3.8, 4) is 0 Å². The van der Waals surface area contributed by atoms with Gasteiger partial charge in [-0.3, -0.25) is 0 Å². The van der Waals surface area contributed by atoms with Gasteiger partial charge in [0, 0.05) is 14.2 Å². The highest BCUT2D eigenvalue weighted by atomic mass is 28.4. The van der Waals surface area contributed by atoms with Gasteiger partial charge in [0.15, 0.2) is 6.17 Å². The van der Waals surface area contributed by atoms with E-state index in [1.54, 1.807) is 0 Å². The maximum Gasteiger partial charge on any atom is 0.421 e. The number of alkyl halides is 13. The second-order valence-electron chi connectivity index (χ2n) is 5.63. The average molecular weight is 466 g/mol. The lowest BCUT2D eigenvalue weighted by atomic mass is 9.92. The molecule has 0 aromatic carbocycles. The van der Waals surface area contributed by atoms with E-state index in [1.165, 1.54) is 0 Å². The van der Waals surface area contributed by atoms with Crippen molar-refractivity contribution in [2.45, 2.75) is 61.2 Å².